The molecule has 228 valence electrons. The molecule has 3 aromatic rings. The number of halogens is 1. The van der Waals surface area contributed by atoms with Gasteiger partial charge in [-0.2, -0.15) is 0 Å². The van der Waals surface area contributed by atoms with Gasteiger partial charge in [-0.15, -0.1) is 0 Å². The lowest BCUT2D eigenvalue weighted by Gasteiger charge is -2.27. The summed E-state index contributed by atoms with van der Waals surface area (Å²) in [5.41, 5.74) is 5.25. The number of thioether (sulfide) groups is 2. The van der Waals surface area contributed by atoms with E-state index in [1.54, 1.807) is 37.7 Å². The zero-order valence-corrected chi connectivity index (χ0v) is 27.9. The van der Waals surface area contributed by atoms with Crippen LogP contribution in [0.5, 0.6) is 11.5 Å². The van der Waals surface area contributed by atoms with Gasteiger partial charge in [0.1, 0.15) is 11.5 Å². The second-order valence-electron chi connectivity index (χ2n) is 10.4. The molecule has 2 aliphatic heterocycles. The highest BCUT2D eigenvalue weighted by atomic mass is 79.9. The Labute approximate surface area is 271 Å². The zero-order valence-electron chi connectivity index (χ0n) is 24.7. The maximum Gasteiger partial charge on any atom is 0.159 e. The van der Waals surface area contributed by atoms with Crippen molar-refractivity contribution < 1.29 is 9.47 Å². The van der Waals surface area contributed by atoms with Crippen molar-refractivity contribution in [3.63, 3.8) is 0 Å². The fourth-order valence-corrected chi connectivity index (χ4v) is 6.89. The number of methoxy groups -OCH3 is 2. The van der Waals surface area contributed by atoms with Gasteiger partial charge in [-0.25, -0.2) is 9.98 Å². The number of aliphatic imine (C=N–C) groups is 2. The number of hydrogen-bond acceptors (Lipinski definition) is 10. The highest BCUT2D eigenvalue weighted by Gasteiger charge is 2.16. The van der Waals surface area contributed by atoms with Crippen LogP contribution in [-0.4, -0.2) is 74.1 Å². The van der Waals surface area contributed by atoms with Crippen LogP contribution in [0.3, 0.4) is 0 Å². The second-order valence-corrected chi connectivity index (χ2v) is 13.2. The first-order chi connectivity index (χ1) is 21.1. The van der Waals surface area contributed by atoms with Gasteiger partial charge >= 0.3 is 0 Å². The number of hydrogen-bond donors (Lipinski definition) is 2. The molecule has 0 radical (unpaired) electrons. The summed E-state index contributed by atoms with van der Waals surface area (Å²) >= 11 is 7.21. The predicted octanol–water partition coefficient (Wildman–Crippen LogP) is 5.77. The summed E-state index contributed by atoms with van der Waals surface area (Å²) in [7, 11) is 3.39. The summed E-state index contributed by atoms with van der Waals surface area (Å²) in [5.74, 6) is 3.53. The standard InChI is InChI=1S/C32H39BrN6O2S2/c1-40-29-9-3-24(4-10-29)13-15-38-20-34-31(35-21-38)42-18-26-7-8-28(33)17-27(26)19-43-32-36-22-39(23-37-32)16-14-25-5-11-30(41-2)12-6-25/h3-12,17H,13-16,18-23H2,1-2H3,(H,34,35)(H,36,37). The summed E-state index contributed by atoms with van der Waals surface area (Å²) < 4.78 is 11.6. The smallest absolute Gasteiger partial charge is 0.159 e. The van der Waals surface area contributed by atoms with Gasteiger partial charge in [0, 0.05) is 29.1 Å². The molecule has 0 saturated heterocycles. The van der Waals surface area contributed by atoms with Crippen molar-refractivity contribution in [3.8, 4) is 11.5 Å². The summed E-state index contributed by atoms with van der Waals surface area (Å²) in [6, 6.07) is 23.2. The zero-order chi connectivity index (χ0) is 29.9. The van der Waals surface area contributed by atoms with Crippen LogP contribution in [0.15, 0.2) is 81.2 Å². The van der Waals surface area contributed by atoms with E-state index < -0.39 is 0 Å². The lowest BCUT2D eigenvalue weighted by Crippen LogP contribution is -2.42. The Balaban J connectivity index is 1.05. The molecule has 43 heavy (non-hydrogen) atoms. The summed E-state index contributed by atoms with van der Waals surface area (Å²) in [6.07, 6.45) is 1.98. The number of nitrogens with zero attached hydrogens (tertiary/aromatic N) is 4. The number of benzene rings is 3. The van der Waals surface area contributed by atoms with Gasteiger partial charge < -0.3 is 20.1 Å². The van der Waals surface area contributed by atoms with E-state index in [1.165, 1.54) is 22.3 Å². The van der Waals surface area contributed by atoms with Gasteiger partial charge in [-0.1, -0.05) is 69.8 Å². The number of ether oxygens (including phenoxy) is 2. The Morgan fingerprint density at radius 3 is 1.63 bits per heavy atom. The topological polar surface area (TPSA) is 73.7 Å². The molecule has 11 heteroatoms. The fraction of sp³-hybridized carbons (Fsp3) is 0.375. The number of nitrogens with one attached hydrogen (secondary N) is 2. The molecule has 0 unspecified atom stereocenters. The molecular formula is C32H39BrN6O2S2. The third-order valence-electron chi connectivity index (χ3n) is 7.39. The average Bonchev–Trinajstić information content (AvgIpc) is 3.06. The second kappa shape index (κ2) is 16.4. The molecule has 5 rings (SSSR count). The normalized spacial score (nSPS) is 15.7. The van der Waals surface area contributed by atoms with E-state index in [0.29, 0.717) is 0 Å². The van der Waals surface area contributed by atoms with Gasteiger partial charge in [0.2, 0.25) is 0 Å². The van der Waals surface area contributed by atoms with Crippen LogP contribution in [0.4, 0.5) is 0 Å². The Hall–Kier alpha value is -2.70. The Morgan fingerprint density at radius 2 is 1.19 bits per heavy atom. The van der Waals surface area contributed by atoms with Gasteiger partial charge in [-0.3, -0.25) is 9.80 Å². The molecule has 0 atom stereocenters. The van der Waals surface area contributed by atoms with Crippen molar-refractivity contribution in [3.05, 3.63) is 93.5 Å². The van der Waals surface area contributed by atoms with E-state index in [0.717, 1.165) is 90.4 Å². The number of amidine groups is 2. The predicted molar refractivity (Wildman–Crippen MR) is 184 cm³/mol. The van der Waals surface area contributed by atoms with E-state index in [-0.39, 0.29) is 0 Å². The highest BCUT2D eigenvalue weighted by molar-refractivity contribution is 9.10. The average molecular weight is 684 g/mol. The third-order valence-corrected chi connectivity index (χ3v) is 9.88. The van der Waals surface area contributed by atoms with Crippen molar-refractivity contribution in [2.45, 2.75) is 24.3 Å². The van der Waals surface area contributed by atoms with Crippen LogP contribution in [0.1, 0.15) is 22.3 Å². The molecular weight excluding hydrogens is 644 g/mol. The van der Waals surface area contributed by atoms with Crippen LogP contribution < -0.4 is 20.1 Å². The lowest BCUT2D eigenvalue weighted by atomic mass is 10.1. The fourth-order valence-electron chi connectivity index (χ4n) is 4.71. The van der Waals surface area contributed by atoms with Gasteiger partial charge in [0.15, 0.2) is 10.3 Å². The molecule has 3 aromatic carbocycles. The van der Waals surface area contributed by atoms with Crippen LogP contribution in [-0.2, 0) is 24.3 Å². The molecule has 0 fully saturated rings. The lowest BCUT2D eigenvalue weighted by molar-refractivity contribution is 0.270. The first-order valence-corrected chi connectivity index (χ1v) is 17.1. The van der Waals surface area contributed by atoms with Crippen molar-refractivity contribution in [2.24, 2.45) is 9.98 Å². The van der Waals surface area contributed by atoms with E-state index >= 15 is 0 Å². The molecule has 0 aromatic heterocycles. The van der Waals surface area contributed by atoms with Crippen molar-refractivity contribution in [1.82, 2.24) is 20.4 Å². The summed E-state index contributed by atoms with van der Waals surface area (Å²) in [4.78, 5) is 14.3. The molecule has 0 amide bonds. The minimum atomic E-state index is 0.718. The Morgan fingerprint density at radius 1 is 0.698 bits per heavy atom. The molecule has 0 spiro atoms. The van der Waals surface area contributed by atoms with Crippen LogP contribution in [0.25, 0.3) is 0 Å². The van der Waals surface area contributed by atoms with E-state index in [4.69, 9.17) is 19.5 Å². The molecule has 0 bridgehead atoms. The Bertz CT molecular complexity index is 1390. The van der Waals surface area contributed by atoms with Crippen LogP contribution >= 0.6 is 39.5 Å². The first kappa shape index (κ1) is 31.7. The first-order valence-electron chi connectivity index (χ1n) is 14.4. The minimum Gasteiger partial charge on any atom is -0.497 e. The van der Waals surface area contributed by atoms with Crippen molar-refractivity contribution in [2.75, 3.05) is 54.0 Å². The largest absolute Gasteiger partial charge is 0.497 e. The van der Waals surface area contributed by atoms with E-state index in [2.05, 4.69) is 78.8 Å². The molecule has 8 nitrogen and oxygen atoms in total. The van der Waals surface area contributed by atoms with Crippen molar-refractivity contribution >= 4 is 49.8 Å². The van der Waals surface area contributed by atoms with E-state index in [1.807, 2.05) is 24.3 Å². The van der Waals surface area contributed by atoms with E-state index in [9.17, 15) is 0 Å². The van der Waals surface area contributed by atoms with Gasteiger partial charge in [0.25, 0.3) is 0 Å². The Kier molecular flexibility index (Phi) is 12.1. The molecule has 2 aliphatic rings. The summed E-state index contributed by atoms with van der Waals surface area (Å²) in [5, 5.41) is 9.02. The van der Waals surface area contributed by atoms with Gasteiger partial charge in [-0.05, 0) is 71.5 Å². The number of rotatable bonds is 12. The van der Waals surface area contributed by atoms with Crippen molar-refractivity contribution in [1.29, 1.82) is 0 Å². The van der Waals surface area contributed by atoms with Crippen LogP contribution in [0.2, 0.25) is 0 Å². The highest BCUT2D eigenvalue weighted by Crippen LogP contribution is 2.26. The molecule has 2 heterocycles. The minimum absolute atomic E-state index is 0.718. The monoisotopic (exact) mass is 682 g/mol. The van der Waals surface area contributed by atoms with Gasteiger partial charge in [0.05, 0.1) is 40.9 Å². The quantitative estimate of drug-likeness (QED) is 0.250. The maximum atomic E-state index is 5.26. The maximum absolute atomic E-state index is 5.26. The molecule has 2 N–H and O–H groups in total. The third kappa shape index (κ3) is 9.90. The molecule has 0 aliphatic carbocycles. The SMILES string of the molecule is COc1ccc(CCN2CN=C(SCc3ccc(Br)cc3CSC3=NCN(CCc4ccc(OC)cc4)CN3)NC2)cc1. The molecule has 0 saturated carbocycles. The van der Waals surface area contributed by atoms with Crippen LogP contribution in [0, 0.1) is 0 Å². The summed E-state index contributed by atoms with van der Waals surface area (Å²) in [6.45, 7) is 4.99.